The highest BCUT2D eigenvalue weighted by atomic mass is 16.5. The van der Waals surface area contributed by atoms with Gasteiger partial charge in [0.2, 0.25) is 0 Å². The van der Waals surface area contributed by atoms with Crippen molar-refractivity contribution in [3.63, 3.8) is 0 Å². The van der Waals surface area contributed by atoms with Gasteiger partial charge in [0.25, 0.3) is 5.91 Å². The first kappa shape index (κ1) is 22.6. The van der Waals surface area contributed by atoms with Crippen LogP contribution in [0.3, 0.4) is 0 Å². The summed E-state index contributed by atoms with van der Waals surface area (Å²) in [7, 11) is 3.62. The molecular formula is C25H37N5O2. The summed E-state index contributed by atoms with van der Waals surface area (Å²) in [6.45, 7) is 9.97. The maximum atomic E-state index is 13.3. The monoisotopic (exact) mass is 439 g/mol. The number of ether oxygens (including phenoxy) is 1. The Labute approximate surface area is 191 Å². The number of nitrogens with zero attached hydrogens (tertiary/aromatic N) is 5. The molecule has 4 rings (SSSR count). The third-order valence-electron chi connectivity index (χ3n) is 6.71. The molecule has 1 amide bonds. The van der Waals surface area contributed by atoms with E-state index >= 15 is 0 Å². The van der Waals surface area contributed by atoms with E-state index in [1.807, 2.05) is 30.1 Å². The Morgan fingerprint density at radius 2 is 1.91 bits per heavy atom. The Morgan fingerprint density at radius 1 is 1.16 bits per heavy atom. The third kappa shape index (κ3) is 4.93. The number of carbonyl (C=O) groups excluding carboxylic acids is 1. The Balaban J connectivity index is 1.36. The van der Waals surface area contributed by atoms with Crippen LogP contribution in [0.2, 0.25) is 0 Å². The van der Waals surface area contributed by atoms with Gasteiger partial charge < -0.3 is 14.5 Å². The van der Waals surface area contributed by atoms with Crippen molar-refractivity contribution < 1.29 is 9.53 Å². The van der Waals surface area contributed by atoms with Gasteiger partial charge in [0, 0.05) is 52.4 Å². The maximum absolute atomic E-state index is 13.3. The highest BCUT2D eigenvalue weighted by molar-refractivity contribution is 5.92. The lowest BCUT2D eigenvalue weighted by molar-refractivity contribution is 0.0553. The molecule has 3 heterocycles. The number of likely N-dealkylation sites (tertiary alicyclic amines) is 1. The number of amides is 1. The van der Waals surface area contributed by atoms with Gasteiger partial charge in [-0.25, -0.2) is 0 Å². The molecule has 1 unspecified atom stereocenters. The lowest BCUT2D eigenvalue weighted by Crippen LogP contribution is -2.56. The third-order valence-corrected chi connectivity index (χ3v) is 6.71. The van der Waals surface area contributed by atoms with Gasteiger partial charge in [0.1, 0.15) is 11.4 Å². The maximum Gasteiger partial charge on any atom is 0.272 e. The van der Waals surface area contributed by atoms with Crippen LogP contribution in [0, 0.1) is 5.92 Å². The van der Waals surface area contributed by atoms with Crippen molar-refractivity contribution in [2.24, 2.45) is 13.0 Å². The van der Waals surface area contributed by atoms with Crippen molar-refractivity contribution in [3.8, 4) is 5.75 Å². The average Bonchev–Trinajstić information content (AvgIpc) is 3.17. The summed E-state index contributed by atoms with van der Waals surface area (Å²) in [6, 6.07) is 10.7. The van der Waals surface area contributed by atoms with E-state index in [0.717, 1.165) is 70.0 Å². The van der Waals surface area contributed by atoms with E-state index in [1.165, 1.54) is 5.69 Å². The van der Waals surface area contributed by atoms with Crippen LogP contribution in [0.4, 0.5) is 5.69 Å². The van der Waals surface area contributed by atoms with Gasteiger partial charge in [0.15, 0.2) is 0 Å². The lowest BCUT2D eigenvalue weighted by Gasteiger charge is -2.44. The zero-order valence-electron chi connectivity index (χ0n) is 20.0. The fraction of sp³-hybridized carbons (Fsp3) is 0.600. The van der Waals surface area contributed by atoms with Gasteiger partial charge in [-0.2, -0.15) is 5.10 Å². The zero-order valence-corrected chi connectivity index (χ0v) is 20.0. The van der Waals surface area contributed by atoms with Gasteiger partial charge in [-0.3, -0.25) is 14.4 Å². The molecule has 1 aromatic carbocycles. The standard InChI is InChI=1S/C25H37N5O2/c1-19(2)16-20-17-23(27(3)26-20)25(31)30-11-7-8-21(18-30)28-12-14-29(15-13-28)22-9-5-6-10-24(22)32-4/h5-6,9-10,17,19,21H,7-8,11-16,18H2,1-4H3. The molecule has 0 bridgehead atoms. The Hall–Kier alpha value is -2.54. The number of para-hydroxylation sites is 2. The van der Waals surface area contributed by atoms with E-state index in [0.29, 0.717) is 17.7 Å². The minimum absolute atomic E-state index is 0.118. The summed E-state index contributed by atoms with van der Waals surface area (Å²) in [5.41, 5.74) is 2.89. The van der Waals surface area contributed by atoms with Crippen LogP contribution in [0.5, 0.6) is 5.75 Å². The molecular weight excluding hydrogens is 402 g/mol. The smallest absolute Gasteiger partial charge is 0.272 e. The van der Waals surface area contributed by atoms with Gasteiger partial charge in [-0.15, -0.1) is 0 Å². The van der Waals surface area contributed by atoms with Crippen molar-refractivity contribution >= 4 is 11.6 Å². The molecule has 2 saturated heterocycles. The number of aromatic nitrogens is 2. The van der Waals surface area contributed by atoms with Crippen molar-refractivity contribution in [2.45, 2.75) is 39.2 Å². The normalized spacial score (nSPS) is 20.1. The van der Waals surface area contributed by atoms with Gasteiger partial charge in [-0.05, 0) is 43.4 Å². The van der Waals surface area contributed by atoms with E-state index < -0.39 is 0 Å². The highest BCUT2D eigenvalue weighted by Crippen LogP contribution is 2.29. The number of piperidine rings is 1. The van der Waals surface area contributed by atoms with Gasteiger partial charge in [0.05, 0.1) is 18.5 Å². The minimum Gasteiger partial charge on any atom is -0.495 e. The van der Waals surface area contributed by atoms with E-state index in [2.05, 4.69) is 40.9 Å². The number of hydrogen-bond acceptors (Lipinski definition) is 5. The number of anilines is 1. The van der Waals surface area contributed by atoms with Crippen LogP contribution >= 0.6 is 0 Å². The topological polar surface area (TPSA) is 53.8 Å². The largest absolute Gasteiger partial charge is 0.495 e. The molecule has 2 aliphatic heterocycles. The van der Waals surface area contributed by atoms with Gasteiger partial charge >= 0.3 is 0 Å². The molecule has 2 fully saturated rings. The molecule has 0 N–H and O–H groups in total. The molecule has 2 aromatic rings. The second-order valence-electron chi connectivity index (χ2n) is 9.48. The average molecular weight is 440 g/mol. The second-order valence-corrected chi connectivity index (χ2v) is 9.48. The number of piperazine rings is 1. The molecule has 2 aliphatic rings. The van der Waals surface area contributed by atoms with E-state index in [9.17, 15) is 4.79 Å². The molecule has 0 saturated carbocycles. The predicted molar refractivity (Wildman–Crippen MR) is 127 cm³/mol. The zero-order chi connectivity index (χ0) is 22.7. The number of benzene rings is 1. The van der Waals surface area contributed by atoms with Gasteiger partial charge in [-0.1, -0.05) is 26.0 Å². The molecule has 7 heteroatoms. The van der Waals surface area contributed by atoms with Crippen molar-refractivity contribution in [3.05, 3.63) is 41.7 Å². The van der Waals surface area contributed by atoms with Crippen LogP contribution in [-0.2, 0) is 13.5 Å². The Morgan fingerprint density at radius 3 is 2.62 bits per heavy atom. The number of rotatable bonds is 6. The van der Waals surface area contributed by atoms with Crippen LogP contribution in [-0.4, -0.2) is 77.9 Å². The SMILES string of the molecule is COc1ccccc1N1CCN(C2CCCN(C(=O)c3cc(CC(C)C)nn3C)C2)CC1. The molecule has 174 valence electrons. The van der Waals surface area contributed by atoms with Crippen LogP contribution < -0.4 is 9.64 Å². The predicted octanol–water partition coefficient (Wildman–Crippen LogP) is 3.05. The summed E-state index contributed by atoms with van der Waals surface area (Å²) in [4.78, 5) is 20.3. The number of aryl methyl sites for hydroxylation is 1. The first-order chi connectivity index (χ1) is 15.5. The molecule has 1 aromatic heterocycles. The quantitative estimate of drug-likeness (QED) is 0.693. The molecule has 0 aliphatic carbocycles. The Kier molecular flexibility index (Phi) is 7.04. The Bertz CT molecular complexity index is 917. The second kappa shape index (κ2) is 9.94. The van der Waals surface area contributed by atoms with Crippen LogP contribution in [0.15, 0.2) is 30.3 Å². The molecule has 32 heavy (non-hydrogen) atoms. The molecule has 0 spiro atoms. The highest BCUT2D eigenvalue weighted by Gasteiger charge is 2.31. The fourth-order valence-corrected chi connectivity index (χ4v) is 5.06. The molecule has 1 atom stereocenters. The van der Waals surface area contributed by atoms with Crippen LogP contribution in [0.1, 0.15) is 42.9 Å². The fourth-order valence-electron chi connectivity index (χ4n) is 5.06. The molecule has 0 radical (unpaired) electrons. The number of carbonyl (C=O) groups is 1. The van der Waals surface area contributed by atoms with Crippen molar-refractivity contribution in [1.29, 1.82) is 0 Å². The number of methoxy groups -OCH3 is 1. The van der Waals surface area contributed by atoms with Crippen molar-refractivity contribution in [2.75, 3.05) is 51.3 Å². The van der Waals surface area contributed by atoms with Crippen LogP contribution in [0.25, 0.3) is 0 Å². The summed E-state index contributed by atoms with van der Waals surface area (Å²) in [5, 5.41) is 4.57. The minimum atomic E-state index is 0.118. The first-order valence-corrected chi connectivity index (χ1v) is 11.9. The van der Waals surface area contributed by atoms with E-state index in [4.69, 9.17) is 4.74 Å². The summed E-state index contributed by atoms with van der Waals surface area (Å²) in [6.07, 6.45) is 3.11. The van der Waals surface area contributed by atoms with Crippen molar-refractivity contribution in [1.82, 2.24) is 19.6 Å². The first-order valence-electron chi connectivity index (χ1n) is 11.9. The number of hydrogen-bond donors (Lipinski definition) is 0. The lowest BCUT2D eigenvalue weighted by atomic mass is 10.0. The van der Waals surface area contributed by atoms with E-state index in [1.54, 1.807) is 11.8 Å². The molecule has 7 nitrogen and oxygen atoms in total. The van der Waals surface area contributed by atoms with E-state index in [-0.39, 0.29) is 5.91 Å². The summed E-state index contributed by atoms with van der Waals surface area (Å²) < 4.78 is 7.31. The summed E-state index contributed by atoms with van der Waals surface area (Å²) in [5.74, 6) is 1.58. The summed E-state index contributed by atoms with van der Waals surface area (Å²) >= 11 is 0.